The van der Waals surface area contributed by atoms with Crippen LogP contribution in [0.15, 0.2) is 18.2 Å². The maximum Gasteiger partial charge on any atom is 0.303 e. The third-order valence-electron chi connectivity index (χ3n) is 3.10. The quantitative estimate of drug-likeness (QED) is 0.848. The molecule has 1 atom stereocenters. The van der Waals surface area contributed by atoms with Crippen LogP contribution >= 0.6 is 0 Å². The summed E-state index contributed by atoms with van der Waals surface area (Å²) in [7, 11) is 0. The smallest absolute Gasteiger partial charge is 0.303 e. The van der Waals surface area contributed by atoms with E-state index in [0.29, 0.717) is 0 Å². The lowest BCUT2D eigenvalue weighted by Crippen LogP contribution is -2.05. The number of rotatable bonds is 4. The van der Waals surface area contributed by atoms with Gasteiger partial charge in [-0.05, 0) is 29.5 Å². The highest BCUT2D eigenvalue weighted by molar-refractivity contribution is 5.68. The van der Waals surface area contributed by atoms with Crippen molar-refractivity contribution in [3.8, 4) is 5.75 Å². The lowest BCUT2D eigenvalue weighted by molar-refractivity contribution is -0.137. The zero-order valence-electron chi connectivity index (χ0n) is 9.40. The number of hydrogen-bond donors (Lipinski definition) is 1. The third-order valence-corrected chi connectivity index (χ3v) is 3.10. The minimum absolute atomic E-state index is 0.114. The largest absolute Gasteiger partial charge is 0.493 e. The maximum absolute atomic E-state index is 10.8. The van der Waals surface area contributed by atoms with Crippen LogP contribution in [0.4, 0.5) is 0 Å². The van der Waals surface area contributed by atoms with Gasteiger partial charge in [0, 0.05) is 6.42 Å². The summed E-state index contributed by atoms with van der Waals surface area (Å²) in [6.07, 6.45) is 1.99. The van der Waals surface area contributed by atoms with Gasteiger partial charge in [-0.15, -0.1) is 0 Å². The second kappa shape index (κ2) is 4.56. The van der Waals surface area contributed by atoms with Crippen LogP contribution in [-0.4, -0.2) is 17.7 Å². The molecule has 1 heterocycles. The molecule has 0 fully saturated rings. The van der Waals surface area contributed by atoms with Gasteiger partial charge in [0.25, 0.3) is 0 Å². The molecule has 86 valence electrons. The zero-order chi connectivity index (χ0) is 11.5. The van der Waals surface area contributed by atoms with Gasteiger partial charge in [-0.2, -0.15) is 0 Å². The Balaban J connectivity index is 2.21. The topological polar surface area (TPSA) is 46.5 Å². The Morgan fingerprint density at radius 2 is 2.38 bits per heavy atom. The van der Waals surface area contributed by atoms with Gasteiger partial charge in [-0.3, -0.25) is 4.79 Å². The van der Waals surface area contributed by atoms with Gasteiger partial charge in [0.15, 0.2) is 0 Å². The lowest BCUT2D eigenvalue weighted by atomic mass is 9.91. The average molecular weight is 220 g/mol. The first-order valence-electron chi connectivity index (χ1n) is 5.68. The number of carboxylic acid groups (broad SMARTS) is 1. The Bertz CT molecular complexity index is 398. The first kappa shape index (κ1) is 11.0. The van der Waals surface area contributed by atoms with E-state index < -0.39 is 5.97 Å². The molecule has 1 N–H and O–H groups in total. The van der Waals surface area contributed by atoms with Crippen molar-refractivity contribution in [1.82, 2.24) is 0 Å². The number of ether oxygens (including phenoxy) is 1. The van der Waals surface area contributed by atoms with Crippen LogP contribution in [-0.2, 0) is 11.2 Å². The van der Waals surface area contributed by atoms with Gasteiger partial charge in [-0.25, -0.2) is 0 Å². The highest BCUT2D eigenvalue weighted by atomic mass is 16.5. The molecular formula is C13H16O3. The molecule has 0 saturated heterocycles. The number of carboxylic acids is 1. The second-order valence-electron chi connectivity index (χ2n) is 4.17. The number of carbonyl (C=O) groups is 1. The maximum atomic E-state index is 10.8. The molecule has 1 unspecified atom stereocenters. The second-order valence-corrected chi connectivity index (χ2v) is 4.17. The van der Waals surface area contributed by atoms with Crippen molar-refractivity contribution < 1.29 is 14.6 Å². The van der Waals surface area contributed by atoms with Gasteiger partial charge in [0.05, 0.1) is 13.0 Å². The van der Waals surface area contributed by atoms with Gasteiger partial charge in [0.1, 0.15) is 5.75 Å². The highest BCUT2D eigenvalue weighted by Gasteiger charge is 2.17. The fourth-order valence-electron chi connectivity index (χ4n) is 2.17. The van der Waals surface area contributed by atoms with Crippen LogP contribution in [0.2, 0.25) is 0 Å². The third kappa shape index (κ3) is 2.18. The van der Waals surface area contributed by atoms with E-state index in [1.807, 2.05) is 19.1 Å². The predicted molar refractivity (Wildman–Crippen MR) is 60.9 cm³/mol. The molecule has 0 spiro atoms. The monoisotopic (exact) mass is 220 g/mol. The van der Waals surface area contributed by atoms with E-state index >= 15 is 0 Å². The van der Waals surface area contributed by atoms with Crippen molar-refractivity contribution in [1.29, 1.82) is 0 Å². The summed E-state index contributed by atoms with van der Waals surface area (Å²) in [4.78, 5) is 10.8. The van der Waals surface area contributed by atoms with E-state index in [1.54, 1.807) is 0 Å². The van der Waals surface area contributed by atoms with Crippen molar-refractivity contribution in [3.05, 3.63) is 29.3 Å². The summed E-state index contributed by atoms with van der Waals surface area (Å²) in [5.74, 6) is 0.334. The van der Waals surface area contributed by atoms with Gasteiger partial charge < -0.3 is 9.84 Å². The predicted octanol–water partition coefficient (Wildman–Crippen LogP) is 2.59. The molecule has 1 aromatic carbocycles. The molecule has 0 aromatic heterocycles. The summed E-state index contributed by atoms with van der Waals surface area (Å²) < 4.78 is 5.43. The van der Waals surface area contributed by atoms with E-state index in [0.717, 1.165) is 30.8 Å². The molecule has 2 rings (SSSR count). The van der Waals surface area contributed by atoms with E-state index in [4.69, 9.17) is 9.84 Å². The molecule has 1 aromatic rings. The summed E-state index contributed by atoms with van der Waals surface area (Å²) in [5, 5.41) is 8.85. The normalized spacial score (nSPS) is 15.3. The van der Waals surface area contributed by atoms with Gasteiger partial charge in [0.2, 0.25) is 0 Å². The lowest BCUT2D eigenvalue weighted by Gasteiger charge is -2.13. The van der Waals surface area contributed by atoms with E-state index in [-0.39, 0.29) is 12.3 Å². The SMILES string of the molecule is CCC(CC(=O)O)c1ccc2c(c1)CCO2. The first-order chi connectivity index (χ1) is 7.70. The molecule has 0 bridgehead atoms. The van der Waals surface area contributed by atoms with Crippen molar-refractivity contribution in [2.75, 3.05) is 6.61 Å². The molecule has 1 aliphatic rings. The highest BCUT2D eigenvalue weighted by Crippen LogP contribution is 2.31. The molecule has 16 heavy (non-hydrogen) atoms. The Morgan fingerprint density at radius 1 is 1.56 bits per heavy atom. The van der Waals surface area contributed by atoms with E-state index in [1.165, 1.54) is 5.56 Å². The number of hydrogen-bond acceptors (Lipinski definition) is 2. The molecule has 0 saturated carbocycles. The van der Waals surface area contributed by atoms with Crippen molar-refractivity contribution in [2.24, 2.45) is 0 Å². The van der Waals surface area contributed by atoms with Crippen molar-refractivity contribution in [2.45, 2.75) is 32.1 Å². The molecule has 0 amide bonds. The summed E-state index contributed by atoms with van der Waals surface area (Å²) in [5.41, 5.74) is 2.33. The van der Waals surface area contributed by atoms with Gasteiger partial charge in [-0.1, -0.05) is 19.1 Å². The molecule has 3 heteroatoms. The van der Waals surface area contributed by atoms with Crippen LogP contribution in [0, 0.1) is 0 Å². The van der Waals surface area contributed by atoms with Gasteiger partial charge >= 0.3 is 5.97 Å². The van der Waals surface area contributed by atoms with Crippen LogP contribution < -0.4 is 4.74 Å². The Morgan fingerprint density at radius 3 is 3.06 bits per heavy atom. The molecular weight excluding hydrogens is 204 g/mol. The molecule has 3 nitrogen and oxygen atoms in total. The Labute approximate surface area is 95.0 Å². The molecule has 0 aliphatic carbocycles. The fraction of sp³-hybridized carbons (Fsp3) is 0.462. The van der Waals surface area contributed by atoms with Crippen LogP contribution in [0.1, 0.15) is 36.8 Å². The zero-order valence-corrected chi connectivity index (χ0v) is 9.40. The Kier molecular flexibility index (Phi) is 3.13. The number of benzene rings is 1. The summed E-state index contributed by atoms with van der Waals surface area (Å²) in [6, 6.07) is 6.04. The molecule has 0 radical (unpaired) electrons. The minimum atomic E-state index is -0.733. The van der Waals surface area contributed by atoms with Crippen LogP contribution in [0.5, 0.6) is 5.75 Å². The average Bonchev–Trinajstić information content (AvgIpc) is 2.72. The molecule has 1 aliphatic heterocycles. The van der Waals surface area contributed by atoms with Crippen molar-refractivity contribution in [3.63, 3.8) is 0 Å². The van der Waals surface area contributed by atoms with Crippen LogP contribution in [0.3, 0.4) is 0 Å². The fourth-order valence-corrected chi connectivity index (χ4v) is 2.17. The standard InChI is InChI=1S/C13H16O3/c1-2-9(8-13(14)15)10-3-4-12-11(7-10)5-6-16-12/h3-4,7,9H,2,5-6,8H2,1H3,(H,14,15). The number of fused-ring (bicyclic) bond motifs is 1. The summed E-state index contributed by atoms with van der Waals surface area (Å²) >= 11 is 0. The summed E-state index contributed by atoms with van der Waals surface area (Å²) in [6.45, 7) is 2.77. The van der Waals surface area contributed by atoms with Crippen molar-refractivity contribution >= 4 is 5.97 Å². The minimum Gasteiger partial charge on any atom is -0.493 e. The van der Waals surface area contributed by atoms with E-state index in [9.17, 15) is 4.79 Å². The Hall–Kier alpha value is -1.51. The van der Waals surface area contributed by atoms with Crippen LogP contribution in [0.25, 0.3) is 0 Å². The number of aliphatic carboxylic acids is 1. The first-order valence-corrected chi connectivity index (χ1v) is 5.68. The van der Waals surface area contributed by atoms with E-state index in [2.05, 4.69) is 6.07 Å².